The lowest BCUT2D eigenvalue weighted by atomic mass is 10.1. The van der Waals surface area contributed by atoms with Crippen molar-refractivity contribution < 1.29 is 9.15 Å². The van der Waals surface area contributed by atoms with Gasteiger partial charge in [0.05, 0.1) is 11.5 Å². The summed E-state index contributed by atoms with van der Waals surface area (Å²) in [5.74, 6) is 0.611. The van der Waals surface area contributed by atoms with Crippen molar-refractivity contribution in [2.24, 2.45) is 0 Å². The monoisotopic (exact) mass is 323 g/mol. The number of hydrogen-bond acceptors (Lipinski definition) is 4. The number of ether oxygens (including phenoxy) is 1. The highest BCUT2D eigenvalue weighted by molar-refractivity contribution is 9.10. The van der Waals surface area contributed by atoms with Gasteiger partial charge in [-0.15, -0.1) is 0 Å². The summed E-state index contributed by atoms with van der Waals surface area (Å²) < 4.78 is 12.1. The summed E-state index contributed by atoms with van der Waals surface area (Å²) >= 11 is 3.42. The zero-order valence-electron chi connectivity index (χ0n) is 10.3. The zero-order valence-corrected chi connectivity index (χ0v) is 11.9. The molecule has 1 N–H and O–H groups in total. The van der Waals surface area contributed by atoms with Crippen molar-refractivity contribution in [2.45, 2.75) is 18.9 Å². The second-order valence-electron chi connectivity index (χ2n) is 4.64. The Bertz CT molecular complexity index is 647. The SMILES string of the molecule is O=c1cc(OC2CCNCC2)c2cc(Br)ccc2o1. The van der Waals surface area contributed by atoms with Crippen molar-refractivity contribution >= 4 is 26.9 Å². The van der Waals surface area contributed by atoms with Gasteiger partial charge in [0.15, 0.2) is 0 Å². The third-order valence-corrected chi connectivity index (χ3v) is 3.74. The van der Waals surface area contributed by atoms with E-state index in [0.717, 1.165) is 35.8 Å². The summed E-state index contributed by atoms with van der Waals surface area (Å²) in [5.41, 5.74) is 0.179. The molecule has 1 aromatic carbocycles. The van der Waals surface area contributed by atoms with E-state index in [1.54, 1.807) is 6.07 Å². The van der Waals surface area contributed by atoms with E-state index in [0.29, 0.717) is 11.3 Å². The predicted octanol–water partition coefficient (Wildman–Crippen LogP) is 2.69. The van der Waals surface area contributed by atoms with E-state index in [9.17, 15) is 4.79 Å². The molecule has 0 bridgehead atoms. The molecule has 0 spiro atoms. The molecule has 5 heteroatoms. The average molecular weight is 324 g/mol. The number of piperidine rings is 1. The second-order valence-corrected chi connectivity index (χ2v) is 5.55. The van der Waals surface area contributed by atoms with Crippen LogP contribution in [0.2, 0.25) is 0 Å². The Morgan fingerprint density at radius 3 is 2.84 bits per heavy atom. The fraction of sp³-hybridized carbons (Fsp3) is 0.357. The van der Waals surface area contributed by atoms with Crippen LogP contribution in [0.15, 0.2) is 37.9 Å². The molecular formula is C14H14BrNO3. The van der Waals surface area contributed by atoms with Gasteiger partial charge in [0.25, 0.3) is 0 Å². The van der Waals surface area contributed by atoms with Crippen LogP contribution in [0.3, 0.4) is 0 Å². The molecule has 1 aliphatic rings. The van der Waals surface area contributed by atoms with Gasteiger partial charge in [0.1, 0.15) is 17.4 Å². The lowest BCUT2D eigenvalue weighted by molar-refractivity contribution is 0.164. The van der Waals surface area contributed by atoms with Crippen LogP contribution in [0, 0.1) is 0 Å². The summed E-state index contributed by atoms with van der Waals surface area (Å²) in [6.07, 6.45) is 2.07. The molecule has 100 valence electrons. The molecule has 0 saturated carbocycles. The maximum absolute atomic E-state index is 11.6. The maximum atomic E-state index is 11.6. The fourth-order valence-corrected chi connectivity index (χ4v) is 2.66. The van der Waals surface area contributed by atoms with Gasteiger partial charge in [-0.25, -0.2) is 4.79 Å². The summed E-state index contributed by atoms with van der Waals surface area (Å²) in [7, 11) is 0. The first-order chi connectivity index (χ1) is 9.22. The Balaban J connectivity index is 2.00. The molecule has 1 aliphatic heterocycles. The molecule has 4 nitrogen and oxygen atoms in total. The van der Waals surface area contributed by atoms with Crippen LogP contribution in [-0.2, 0) is 0 Å². The van der Waals surface area contributed by atoms with E-state index < -0.39 is 0 Å². The number of fused-ring (bicyclic) bond motifs is 1. The Hall–Kier alpha value is -1.33. The van der Waals surface area contributed by atoms with Gasteiger partial charge in [-0.2, -0.15) is 0 Å². The maximum Gasteiger partial charge on any atom is 0.339 e. The molecule has 1 saturated heterocycles. The van der Waals surface area contributed by atoms with Gasteiger partial charge < -0.3 is 14.5 Å². The van der Waals surface area contributed by atoms with E-state index in [2.05, 4.69) is 21.2 Å². The molecule has 0 radical (unpaired) electrons. The van der Waals surface area contributed by atoms with Crippen LogP contribution in [0.5, 0.6) is 5.75 Å². The summed E-state index contributed by atoms with van der Waals surface area (Å²) in [6.45, 7) is 1.90. The van der Waals surface area contributed by atoms with Crippen molar-refractivity contribution in [3.63, 3.8) is 0 Å². The van der Waals surface area contributed by atoms with Crippen LogP contribution in [-0.4, -0.2) is 19.2 Å². The molecule has 1 fully saturated rings. The van der Waals surface area contributed by atoms with Crippen molar-refractivity contribution in [1.29, 1.82) is 0 Å². The molecule has 0 unspecified atom stereocenters. The number of halogens is 1. The first kappa shape index (κ1) is 12.7. The van der Waals surface area contributed by atoms with Gasteiger partial charge in [-0.05, 0) is 44.1 Å². The first-order valence-electron chi connectivity index (χ1n) is 6.33. The van der Waals surface area contributed by atoms with Gasteiger partial charge in [-0.1, -0.05) is 15.9 Å². The van der Waals surface area contributed by atoms with Crippen LogP contribution < -0.4 is 15.7 Å². The minimum atomic E-state index is -0.376. The van der Waals surface area contributed by atoms with Crippen molar-refractivity contribution in [3.8, 4) is 5.75 Å². The third-order valence-electron chi connectivity index (χ3n) is 3.25. The molecule has 19 heavy (non-hydrogen) atoms. The minimum Gasteiger partial charge on any atom is -0.489 e. The third kappa shape index (κ3) is 2.82. The number of rotatable bonds is 2. The van der Waals surface area contributed by atoms with Gasteiger partial charge >= 0.3 is 5.63 Å². The van der Waals surface area contributed by atoms with E-state index >= 15 is 0 Å². The molecule has 1 aromatic heterocycles. The van der Waals surface area contributed by atoms with E-state index in [4.69, 9.17) is 9.15 Å². The lowest BCUT2D eigenvalue weighted by Gasteiger charge is -2.24. The lowest BCUT2D eigenvalue weighted by Crippen LogP contribution is -2.34. The van der Waals surface area contributed by atoms with E-state index in [1.165, 1.54) is 6.07 Å². The summed E-state index contributed by atoms with van der Waals surface area (Å²) in [6, 6.07) is 6.96. The van der Waals surface area contributed by atoms with Crippen molar-refractivity contribution in [1.82, 2.24) is 5.32 Å². The Morgan fingerprint density at radius 2 is 2.05 bits per heavy atom. The topological polar surface area (TPSA) is 51.5 Å². The zero-order chi connectivity index (χ0) is 13.2. The highest BCUT2D eigenvalue weighted by Crippen LogP contribution is 2.28. The molecule has 0 aliphatic carbocycles. The molecule has 0 atom stereocenters. The molecular weight excluding hydrogens is 310 g/mol. The number of nitrogens with one attached hydrogen (secondary N) is 1. The smallest absolute Gasteiger partial charge is 0.339 e. The van der Waals surface area contributed by atoms with Crippen LogP contribution in [0.1, 0.15) is 12.8 Å². The van der Waals surface area contributed by atoms with E-state index in [1.807, 2.05) is 12.1 Å². The Labute approximate surface area is 118 Å². The molecule has 2 aromatic rings. The fourth-order valence-electron chi connectivity index (χ4n) is 2.30. The van der Waals surface area contributed by atoms with E-state index in [-0.39, 0.29) is 11.7 Å². The molecule has 3 rings (SSSR count). The predicted molar refractivity (Wildman–Crippen MR) is 76.7 cm³/mol. The quantitative estimate of drug-likeness (QED) is 0.863. The van der Waals surface area contributed by atoms with Crippen molar-refractivity contribution in [3.05, 3.63) is 39.2 Å². The summed E-state index contributed by atoms with van der Waals surface area (Å²) in [4.78, 5) is 11.6. The summed E-state index contributed by atoms with van der Waals surface area (Å²) in [5, 5.41) is 4.12. The van der Waals surface area contributed by atoms with Gasteiger partial charge in [0, 0.05) is 4.47 Å². The first-order valence-corrected chi connectivity index (χ1v) is 7.12. The minimum absolute atomic E-state index is 0.158. The molecule has 2 heterocycles. The van der Waals surface area contributed by atoms with Gasteiger partial charge in [0.2, 0.25) is 0 Å². The highest BCUT2D eigenvalue weighted by Gasteiger charge is 2.16. The van der Waals surface area contributed by atoms with Crippen LogP contribution in [0.4, 0.5) is 0 Å². The van der Waals surface area contributed by atoms with Gasteiger partial charge in [-0.3, -0.25) is 0 Å². The standard InChI is InChI=1S/C14H14BrNO3/c15-9-1-2-12-11(7-9)13(8-14(17)19-12)18-10-3-5-16-6-4-10/h1-2,7-8,10,16H,3-6H2. The highest BCUT2D eigenvalue weighted by atomic mass is 79.9. The van der Waals surface area contributed by atoms with Crippen LogP contribution in [0.25, 0.3) is 11.0 Å². The van der Waals surface area contributed by atoms with Crippen LogP contribution >= 0.6 is 15.9 Å². The normalized spacial score (nSPS) is 16.7. The Kier molecular flexibility index (Phi) is 3.57. The molecule has 0 amide bonds. The van der Waals surface area contributed by atoms with Crippen molar-refractivity contribution in [2.75, 3.05) is 13.1 Å². The second kappa shape index (κ2) is 5.35. The number of benzene rings is 1. The number of hydrogen-bond donors (Lipinski definition) is 1. The average Bonchev–Trinajstić information content (AvgIpc) is 2.41. The Morgan fingerprint density at radius 1 is 1.26 bits per heavy atom. The largest absolute Gasteiger partial charge is 0.489 e.